The highest BCUT2D eigenvalue weighted by molar-refractivity contribution is 14.2. The Morgan fingerprint density at radius 3 is 2.62 bits per heavy atom. The molecular formula is C14H11IN3O2P. The summed E-state index contributed by atoms with van der Waals surface area (Å²) >= 11 is 2.15. The van der Waals surface area contributed by atoms with Gasteiger partial charge in [-0.25, -0.2) is 5.32 Å². The van der Waals surface area contributed by atoms with E-state index in [4.69, 9.17) is 14.5 Å². The summed E-state index contributed by atoms with van der Waals surface area (Å²) in [5.41, 5.74) is 0.635. The molecular weight excluding hydrogens is 400 g/mol. The maximum absolute atomic E-state index is 8.79. The van der Waals surface area contributed by atoms with Crippen LogP contribution >= 0.6 is 28.5 Å². The van der Waals surface area contributed by atoms with E-state index < -0.39 is 0 Å². The van der Waals surface area contributed by atoms with E-state index in [1.807, 2.05) is 36.5 Å². The van der Waals surface area contributed by atoms with Crippen molar-refractivity contribution in [3.8, 4) is 17.7 Å². The average molecular weight is 411 g/mol. The van der Waals surface area contributed by atoms with E-state index in [0.29, 0.717) is 17.9 Å². The highest BCUT2D eigenvalue weighted by atomic mass is 127. The summed E-state index contributed by atoms with van der Waals surface area (Å²) in [4.78, 5) is 4.27. The van der Waals surface area contributed by atoms with Crippen LogP contribution in [-0.4, -0.2) is 6.02 Å². The number of rotatable bonds is 4. The monoisotopic (exact) mass is 411 g/mol. The van der Waals surface area contributed by atoms with Gasteiger partial charge in [0.25, 0.3) is 0 Å². The Morgan fingerprint density at radius 1 is 1.14 bits per heavy atom. The summed E-state index contributed by atoms with van der Waals surface area (Å²) in [7, 11) is 0. The number of hydrogen-bond acceptors (Lipinski definition) is 4. The van der Waals surface area contributed by atoms with Gasteiger partial charge in [0.1, 0.15) is 17.9 Å². The molecule has 2 aromatic carbocycles. The Bertz CT molecular complexity index is 659. The first-order valence-electron chi connectivity index (χ1n) is 5.91. The van der Waals surface area contributed by atoms with Crippen LogP contribution in [0.1, 0.15) is 0 Å². The van der Waals surface area contributed by atoms with Gasteiger partial charge in [-0.1, -0.05) is 24.3 Å². The molecule has 2 rings (SSSR count). The second-order valence-electron chi connectivity index (χ2n) is 3.75. The largest absolute Gasteiger partial charge is 0.467 e. The molecule has 0 spiro atoms. The first-order valence-corrected chi connectivity index (χ1v) is 9.93. The molecule has 0 saturated carbocycles. The average Bonchev–Trinajstić information content (AvgIpc) is 2.49. The van der Waals surface area contributed by atoms with Gasteiger partial charge >= 0.3 is 6.02 Å². The van der Waals surface area contributed by atoms with Gasteiger partial charge in [-0.05, 0) is 46.3 Å². The zero-order chi connectivity index (χ0) is 14.9. The van der Waals surface area contributed by atoms with E-state index in [1.54, 1.807) is 24.3 Å². The van der Waals surface area contributed by atoms with Crippen LogP contribution in [0.4, 0.5) is 5.69 Å². The number of nitriles is 1. The van der Waals surface area contributed by atoms with Gasteiger partial charge < -0.3 is 9.26 Å². The predicted octanol–water partition coefficient (Wildman–Crippen LogP) is 4.15. The van der Waals surface area contributed by atoms with E-state index in [1.165, 1.54) is 0 Å². The molecule has 2 aromatic rings. The minimum absolute atomic E-state index is 0.109. The lowest BCUT2D eigenvalue weighted by Crippen LogP contribution is -2.23. The first-order chi connectivity index (χ1) is 10.3. The Kier molecular flexibility index (Phi) is 6.25. The number of hydrogen-bond donors (Lipinski definition) is 1. The minimum Gasteiger partial charge on any atom is -0.467 e. The molecule has 0 aliphatic heterocycles. The van der Waals surface area contributed by atoms with Crippen molar-refractivity contribution >= 4 is 40.2 Å². The molecule has 1 N–H and O–H groups in total. The number of halogens is 1. The molecule has 21 heavy (non-hydrogen) atoms. The highest BCUT2D eigenvalue weighted by Gasteiger charge is 2.03. The van der Waals surface area contributed by atoms with Gasteiger partial charge in [0.15, 0.2) is 6.19 Å². The molecule has 0 amide bonds. The number of para-hydroxylation sites is 1. The quantitative estimate of drug-likeness (QED) is 0.205. The number of benzene rings is 2. The molecule has 0 radical (unpaired) electrons. The maximum Gasteiger partial charge on any atom is 0.309 e. The van der Waals surface area contributed by atoms with Crippen molar-refractivity contribution < 1.29 is 9.26 Å². The summed E-state index contributed by atoms with van der Waals surface area (Å²) in [5.74, 6) is 1.32. The van der Waals surface area contributed by atoms with Crippen molar-refractivity contribution in [2.45, 2.75) is 0 Å². The van der Waals surface area contributed by atoms with Crippen LogP contribution < -0.4 is 14.6 Å². The molecule has 1 atom stereocenters. The Morgan fingerprint density at radius 2 is 1.90 bits per heavy atom. The van der Waals surface area contributed by atoms with Crippen molar-refractivity contribution in [3.05, 3.63) is 54.6 Å². The number of amidine groups is 1. The van der Waals surface area contributed by atoms with Gasteiger partial charge in [0.05, 0.1) is 5.69 Å². The number of ether oxygens (including phenoxy) is 1. The predicted molar refractivity (Wildman–Crippen MR) is 92.3 cm³/mol. The van der Waals surface area contributed by atoms with Crippen LogP contribution in [0, 0.1) is 11.5 Å². The molecule has 0 aliphatic rings. The standard InChI is InChI=1S/C14H11IN3O2P/c15-21-20-13-8-4-5-11(9-13)18-14(17-10-16)19-12-6-2-1-3-7-12/h1-9,21H,(H,17,18). The van der Waals surface area contributed by atoms with Crippen LogP contribution in [0.25, 0.3) is 0 Å². The fourth-order valence-electron chi connectivity index (χ4n) is 1.50. The topological polar surface area (TPSA) is 66.6 Å². The fraction of sp³-hybridized carbons (Fsp3) is 0. The lowest BCUT2D eigenvalue weighted by molar-refractivity contribution is 0.531. The summed E-state index contributed by atoms with van der Waals surface area (Å²) < 4.78 is 11.0. The molecule has 0 fully saturated rings. The molecule has 0 aromatic heterocycles. The maximum atomic E-state index is 8.79. The van der Waals surface area contributed by atoms with E-state index in [2.05, 4.69) is 32.4 Å². The molecule has 0 heterocycles. The Hall–Kier alpha value is -1.84. The fourth-order valence-corrected chi connectivity index (χ4v) is 2.48. The lowest BCUT2D eigenvalue weighted by atomic mass is 10.3. The minimum atomic E-state index is 0.109. The van der Waals surface area contributed by atoms with Crippen LogP contribution in [0.3, 0.4) is 0 Å². The first kappa shape index (κ1) is 15.5. The summed E-state index contributed by atoms with van der Waals surface area (Å²) in [5, 5.41) is 11.2. The number of nitrogens with zero attached hydrogens (tertiary/aromatic N) is 2. The van der Waals surface area contributed by atoms with Crippen LogP contribution in [0.2, 0.25) is 0 Å². The van der Waals surface area contributed by atoms with Crippen molar-refractivity contribution in [3.63, 3.8) is 0 Å². The van der Waals surface area contributed by atoms with Gasteiger partial charge in [0.2, 0.25) is 0 Å². The smallest absolute Gasteiger partial charge is 0.309 e. The summed E-state index contributed by atoms with van der Waals surface area (Å²) in [6.45, 7) is 0.328. The third-order valence-electron chi connectivity index (χ3n) is 2.33. The molecule has 106 valence electrons. The number of nitrogens with one attached hydrogen (secondary N) is 1. The molecule has 0 saturated heterocycles. The zero-order valence-electron chi connectivity index (χ0n) is 10.8. The van der Waals surface area contributed by atoms with Crippen LogP contribution in [0.5, 0.6) is 11.5 Å². The Balaban J connectivity index is 2.21. The van der Waals surface area contributed by atoms with E-state index in [0.717, 1.165) is 5.75 Å². The van der Waals surface area contributed by atoms with Gasteiger partial charge in [0, 0.05) is 6.07 Å². The van der Waals surface area contributed by atoms with Gasteiger partial charge in [-0.2, -0.15) is 10.3 Å². The van der Waals surface area contributed by atoms with Crippen molar-refractivity contribution in [1.82, 2.24) is 5.32 Å². The third-order valence-corrected chi connectivity index (χ3v) is 3.30. The van der Waals surface area contributed by atoms with Crippen LogP contribution in [-0.2, 0) is 0 Å². The SMILES string of the molecule is N#CNC(=Nc1cccc(OPI)c1)Oc1ccccc1. The summed E-state index contributed by atoms with van der Waals surface area (Å²) in [6.07, 6.45) is 1.81. The lowest BCUT2D eigenvalue weighted by Gasteiger charge is -2.07. The number of aliphatic imine (C=N–C) groups is 1. The second-order valence-corrected chi connectivity index (χ2v) is 5.43. The zero-order valence-corrected chi connectivity index (χ0v) is 13.9. The Labute approximate surface area is 137 Å². The van der Waals surface area contributed by atoms with Crippen molar-refractivity contribution in [2.24, 2.45) is 4.99 Å². The van der Waals surface area contributed by atoms with E-state index in [9.17, 15) is 0 Å². The van der Waals surface area contributed by atoms with Crippen molar-refractivity contribution in [2.75, 3.05) is 0 Å². The highest BCUT2D eigenvalue weighted by Crippen LogP contribution is 2.29. The second kappa shape index (κ2) is 8.45. The van der Waals surface area contributed by atoms with Crippen LogP contribution in [0.15, 0.2) is 59.6 Å². The molecule has 0 bridgehead atoms. The third kappa shape index (κ3) is 5.21. The summed E-state index contributed by atoms with van der Waals surface area (Å²) in [6, 6.07) is 16.5. The van der Waals surface area contributed by atoms with E-state index >= 15 is 0 Å². The normalized spacial score (nSPS) is 11.1. The molecule has 7 heteroatoms. The van der Waals surface area contributed by atoms with Gasteiger partial charge in [-0.3, -0.25) is 0 Å². The van der Waals surface area contributed by atoms with Gasteiger partial charge in [-0.15, -0.1) is 0 Å². The molecule has 5 nitrogen and oxygen atoms in total. The molecule has 1 unspecified atom stereocenters. The molecule has 0 aliphatic carbocycles. The van der Waals surface area contributed by atoms with Crippen molar-refractivity contribution in [1.29, 1.82) is 5.26 Å². The van der Waals surface area contributed by atoms with E-state index in [-0.39, 0.29) is 6.02 Å².